The molecule has 1 aliphatic heterocycles. The third kappa shape index (κ3) is 3.01. The van der Waals surface area contributed by atoms with Crippen molar-refractivity contribution in [1.29, 1.82) is 0 Å². The van der Waals surface area contributed by atoms with Gasteiger partial charge in [0.2, 0.25) is 5.91 Å². The number of nitrogens with one attached hydrogen (secondary N) is 2. The van der Waals surface area contributed by atoms with Crippen LogP contribution in [-0.2, 0) is 4.79 Å². The number of carbonyl (C=O) groups excluding carboxylic acids is 1. The van der Waals surface area contributed by atoms with Gasteiger partial charge in [0.15, 0.2) is 0 Å². The first-order chi connectivity index (χ1) is 8.27. The normalized spacial score (nSPS) is 25.5. The SMILES string of the molecule is CCC1(C(=O)NC2CCCCC2)CCNCC1. The summed E-state index contributed by atoms with van der Waals surface area (Å²) in [6.07, 6.45) is 9.26. The van der Waals surface area contributed by atoms with Crippen LogP contribution >= 0.6 is 0 Å². The highest BCUT2D eigenvalue weighted by atomic mass is 16.2. The summed E-state index contributed by atoms with van der Waals surface area (Å²) in [5, 5.41) is 6.67. The maximum atomic E-state index is 12.5. The lowest BCUT2D eigenvalue weighted by atomic mass is 9.75. The summed E-state index contributed by atoms with van der Waals surface area (Å²) in [5.41, 5.74) is -0.0807. The van der Waals surface area contributed by atoms with Crippen LogP contribution < -0.4 is 10.6 Å². The van der Waals surface area contributed by atoms with Gasteiger partial charge in [-0.25, -0.2) is 0 Å². The largest absolute Gasteiger partial charge is 0.353 e. The van der Waals surface area contributed by atoms with E-state index in [1.807, 2.05) is 0 Å². The van der Waals surface area contributed by atoms with Crippen molar-refractivity contribution in [2.45, 2.75) is 64.3 Å². The van der Waals surface area contributed by atoms with Crippen molar-refractivity contribution in [2.75, 3.05) is 13.1 Å². The highest BCUT2D eigenvalue weighted by Gasteiger charge is 2.38. The van der Waals surface area contributed by atoms with Crippen LogP contribution in [0.3, 0.4) is 0 Å². The third-order valence-electron chi connectivity index (χ3n) is 4.66. The number of piperidine rings is 1. The lowest BCUT2D eigenvalue weighted by molar-refractivity contribution is -0.133. The van der Waals surface area contributed by atoms with Crippen LogP contribution in [0.1, 0.15) is 58.3 Å². The summed E-state index contributed by atoms with van der Waals surface area (Å²) >= 11 is 0. The van der Waals surface area contributed by atoms with Crippen LogP contribution in [0.25, 0.3) is 0 Å². The molecule has 0 aromatic carbocycles. The van der Waals surface area contributed by atoms with Crippen molar-refractivity contribution in [3.05, 3.63) is 0 Å². The van der Waals surface area contributed by atoms with Gasteiger partial charge in [-0.2, -0.15) is 0 Å². The zero-order valence-corrected chi connectivity index (χ0v) is 11.1. The number of rotatable bonds is 3. The molecule has 0 atom stereocenters. The Morgan fingerprint density at radius 3 is 2.47 bits per heavy atom. The van der Waals surface area contributed by atoms with Crippen LogP contribution in [-0.4, -0.2) is 25.0 Å². The molecule has 2 rings (SSSR count). The van der Waals surface area contributed by atoms with E-state index in [0.29, 0.717) is 11.9 Å². The molecule has 2 fully saturated rings. The highest BCUT2D eigenvalue weighted by molar-refractivity contribution is 5.83. The van der Waals surface area contributed by atoms with E-state index in [0.717, 1.165) is 32.4 Å². The molecule has 0 aromatic heterocycles. The lowest BCUT2D eigenvalue weighted by Gasteiger charge is -2.37. The fourth-order valence-corrected chi connectivity index (χ4v) is 3.23. The number of amides is 1. The van der Waals surface area contributed by atoms with E-state index in [1.54, 1.807) is 0 Å². The molecule has 0 radical (unpaired) electrons. The Labute approximate surface area is 105 Å². The molecular formula is C14H26N2O. The van der Waals surface area contributed by atoms with Gasteiger partial charge in [-0.1, -0.05) is 26.2 Å². The lowest BCUT2D eigenvalue weighted by Crippen LogP contribution is -2.50. The summed E-state index contributed by atoms with van der Waals surface area (Å²) in [6.45, 7) is 4.14. The van der Waals surface area contributed by atoms with Crippen molar-refractivity contribution in [1.82, 2.24) is 10.6 Å². The molecular weight excluding hydrogens is 212 g/mol. The van der Waals surface area contributed by atoms with Gasteiger partial charge in [0.05, 0.1) is 5.41 Å². The van der Waals surface area contributed by atoms with Crippen LogP contribution in [0.4, 0.5) is 0 Å². The zero-order chi connectivity index (χ0) is 12.1. The minimum absolute atomic E-state index is 0.0807. The fourth-order valence-electron chi connectivity index (χ4n) is 3.23. The smallest absolute Gasteiger partial charge is 0.226 e. The van der Waals surface area contributed by atoms with Crippen LogP contribution in [0.5, 0.6) is 0 Å². The summed E-state index contributed by atoms with van der Waals surface area (Å²) in [6, 6.07) is 0.453. The van der Waals surface area contributed by atoms with Crippen molar-refractivity contribution in [2.24, 2.45) is 5.41 Å². The Balaban J connectivity index is 1.91. The van der Waals surface area contributed by atoms with Gasteiger partial charge in [-0.3, -0.25) is 4.79 Å². The first kappa shape index (κ1) is 12.9. The van der Waals surface area contributed by atoms with E-state index in [2.05, 4.69) is 17.6 Å². The van der Waals surface area contributed by atoms with E-state index in [9.17, 15) is 4.79 Å². The molecule has 3 heteroatoms. The second kappa shape index (κ2) is 5.85. The second-order valence-corrected chi connectivity index (χ2v) is 5.69. The van der Waals surface area contributed by atoms with Crippen LogP contribution in [0.15, 0.2) is 0 Å². The molecule has 3 nitrogen and oxygen atoms in total. The summed E-state index contributed by atoms with van der Waals surface area (Å²) < 4.78 is 0. The molecule has 0 unspecified atom stereocenters. The van der Waals surface area contributed by atoms with Gasteiger partial charge in [0, 0.05) is 6.04 Å². The summed E-state index contributed by atoms with van der Waals surface area (Å²) in [7, 11) is 0. The average molecular weight is 238 g/mol. The summed E-state index contributed by atoms with van der Waals surface area (Å²) in [5.74, 6) is 0.327. The first-order valence-electron chi connectivity index (χ1n) is 7.28. The van der Waals surface area contributed by atoms with E-state index >= 15 is 0 Å². The quantitative estimate of drug-likeness (QED) is 0.791. The minimum Gasteiger partial charge on any atom is -0.353 e. The van der Waals surface area contributed by atoms with E-state index in [-0.39, 0.29) is 5.41 Å². The Hall–Kier alpha value is -0.570. The van der Waals surface area contributed by atoms with Gasteiger partial charge >= 0.3 is 0 Å². The van der Waals surface area contributed by atoms with Gasteiger partial charge in [-0.05, 0) is 45.2 Å². The molecule has 0 aromatic rings. The summed E-state index contributed by atoms with van der Waals surface area (Å²) in [4.78, 5) is 12.5. The Kier molecular flexibility index (Phi) is 4.43. The third-order valence-corrected chi connectivity index (χ3v) is 4.66. The van der Waals surface area contributed by atoms with Gasteiger partial charge in [0.1, 0.15) is 0 Å². The molecule has 2 N–H and O–H groups in total. The maximum Gasteiger partial charge on any atom is 0.226 e. The fraction of sp³-hybridized carbons (Fsp3) is 0.929. The maximum absolute atomic E-state index is 12.5. The highest BCUT2D eigenvalue weighted by Crippen LogP contribution is 2.33. The number of carbonyl (C=O) groups is 1. The van der Waals surface area contributed by atoms with Gasteiger partial charge < -0.3 is 10.6 Å². The Morgan fingerprint density at radius 2 is 1.88 bits per heavy atom. The van der Waals surface area contributed by atoms with Crippen LogP contribution in [0, 0.1) is 5.41 Å². The first-order valence-corrected chi connectivity index (χ1v) is 7.28. The Bertz CT molecular complexity index is 253. The second-order valence-electron chi connectivity index (χ2n) is 5.69. The molecule has 0 bridgehead atoms. The topological polar surface area (TPSA) is 41.1 Å². The molecule has 17 heavy (non-hydrogen) atoms. The number of hydrogen-bond donors (Lipinski definition) is 2. The molecule has 98 valence electrons. The molecule has 1 amide bonds. The molecule has 0 spiro atoms. The number of hydrogen-bond acceptors (Lipinski definition) is 2. The predicted octanol–water partition coefficient (Wildman–Crippen LogP) is 2.22. The van der Waals surface area contributed by atoms with E-state index in [1.165, 1.54) is 32.1 Å². The minimum atomic E-state index is -0.0807. The molecule has 1 saturated carbocycles. The van der Waals surface area contributed by atoms with Crippen molar-refractivity contribution >= 4 is 5.91 Å². The van der Waals surface area contributed by atoms with E-state index < -0.39 is 0 Å². The van der Waals surface area contributed by atoms with Crippen molar-refractivity contribution < 1.29 is 4.79 Å². The molecule has 1 saturated heterocycles. The molecule has 2 aliphatic rings. The van der Waals surface area contributed by atoms with Crippen molar-refractivity contribution in [3.63, 3.8) is 0 Å². The zero-order valence-electron chi connectivity index (χ0n) is 11.1. The molecule has 1 heterocycles. The van der Waals surface area contributed by atoms with Crippen LogP contribution in [0.2, 0.25) is 0 Å². The predicted molar refractivity (Wildman–Crippen MR) is 69.8 cm³/mol. The molecule has 1 aliphatic carbocycles. The standard InChI is InChI=1S/C14H26N2O/c1-2-14(8-10-15-11-9-14)13(17)16-12-6-4-3-5-7-12/h12,15H,2-11H2,1H3,(H,16,17). The average Bonchev–Trinajstić information content (AvgIpc) is 2.40. The van der Waals surface area contributed by atoms with Crippen molar-refractivity contribution in [3.8, 4) is 0 Å². The Morgan fingerprint density at radius 1 is 1.24 bits per heavy atom. The van der Waals surface area contributed by atoms with Gasteiger partial charge in [-0.15, -0.1) is 0 Å². The van der Waals surface area contributed by atoms with E-state index in [4.69, 9.17) is 0 Å². The van der Waals surface area contributed by atoms with Gasteiger partial charge in [0.25, 0.3) is 0 Å². The monoisotopic (exact) mass is 238 g/mol.